The number of guanidine groups is 1. The zero-order valence-electron chi connectivity index (χ0n) is 16.9. The predicted octanol–water partition coefficient (Wildman–Crippen LogP) is 3.90. The van der Waals surface area contributed by atoms with Crippen molar-refractivity contribution in [3.05, 3.63) is 46.8 Å². The van der Waals surface area contributed by atoms with Gasteiger partial charge in [0.05, 0.1) is 18.4 Å². The molecule has 0 spiro atoms. The number of aromatic nitrogens is 2. The lowest BCUT2D eigenvalue weighted by molar-refractivity contribution is -0.138. The van der Waals surface area contributed by atoms with Gasteiger partial charge in [-0.15, -0.1) is 24.0 Å². The van der Waals surface area contributed by atoms with Crippen molar-refractivity contribution in [1.29, 1.82) is 0 Å². The summed E-state index contributed by atoms with van der Waals surface area (Å²) >= 11 is 0. The number of nitrogens with zero attached hydrogens (tertiary/aromatic N) is 3. The van der Waals surface area contributed by atoms with E-state index in [-0.39, 0.29) is 41.8 Å². The quantitative estimate of drug-likeness (QED) is 0.249. The second-order valence-corrected chi connectivity index (χ2v) is 6.38. The molecule has 6 nitrogen and oxygen atoms in total. The van der Waals surface area contributed by atoms with Crippen LogP contribution in [0.4, 0.5) is 13.2 Å². The van der Waals surface area contributed by atoms with E-state index in [2.05, 4.69) is 20.7 Å². The van der Waals surface area contributed by atoms with Crippen LogP contribution < -0.4 is 15.4 Å². The third kappa shape index (κ3) is 7.41. The summed E-state index contributed by atoms with van der Waals surface area (Å²) in [7, 11) is 2.92. The van der Waals surface area contributed by atoms with Crippen LogP contribution in [0.5, 0.6) is 5.75 Å². The standard InChI is InChI=1S/C19H26F3N5O.HI/c1-13-10-14(2)27(26-13)9-5-8-24-18(23-3)25-12-15-6-7-16(28-4)11-17(15)19(20,21)22;/h6-7,10-11H,5,8-9,12H2,1-4H3,(H2,23,24,25);1H. The fraction of sp³-hybridized carbons (Fsp3) is 0.474. The molecule has 0 unspecified atom stereocenters. The zero-order valence-corrected chi connectivity index (χ0v) is 19.3. The predicted molar refractivity (Wildman–Crippen MR) is 118 cm³/mol. The van der Waals surface area contributed by atoms with Crippen LogP contribution in [0.3, 0.4) is 0 Å². The number of halogens is 4. The van der Waals surface area contributed by atoms with E-state index in [1.54, 1.807) is 7.05 Å². The van der Waals surface area contributed by atoms with E-state index in [9.17, 15) is 13.2 Å². The van der Waals surface area contributed by atoms with Crippen molar-refractivity contribution in [2.75, 3.05) is 20.7 Å². The fourth-order valence-electron chi connectivity index (χ4n) is 2.84. The van der Waals surface area contributed by atoms with Crippen LogP contribution in [0.25, 0.3) is 0 Å². The molecule has 29 heavy (non-hydrogen) atoms. The van der Waals surface area contributed by atoms with Crippen molar-refractivity contribution in [3.8, 4) is 5.75 Å². The molecule has 1 aromatic carbocycles. The summed E-state index contributed by atoms with van der Waals surface area (Å²) in [5.74, 6) is 0.611. The van der Waals surface area contributed by atoms with Gasteiger partial charge in [0.25, 0.3) is 0 Å². The highest BCUT2D eigenvalue weighted by Gasteiger charge is 2.33. The molecule has 0 bridgehead atoms. The lowest BCUT2D eigenvalue weighted by Crippen LogP contribution is -2.38. The van der Waals surface area contributed by atoms with Gasteiger partial charge >= 0.3 is 6.18 Å². The van der Waals surface area contributed by atoms with Gasteiger partial charge in [-0.2, -0.15) is 18.3 Å². The van der Waals surface area contributed by atoms with Gasteiger partial charge in [-0.1, -0.05) is 6.07 Å². The Morgan fingerprint density at radius 3 is 2.48 bits per heavy atom. The number of alkyl halides is 3. The van der Waals surface area contributed by atoms with Crippen molar-refractivity contribution in [2.24, 2.45) is 4.99 Å². The first-order valence-electron chi connectivity index (χ1n) is 8.94. The van der Waals surface area contributed by atoms with Crippen LogP contribution >= 0.6 is 24.0 Å². The normalized spacial score (nSPS) is 11.8. The fourth-order valence-corrected chi connectivity index (χ4v) is 2.84. The third-order valence-corrected chi connectivity index (χ3v) is 4.23. The van der Waals surface area contributed by atoms with Crippen molar-refractivity contribution in [1.82, 2.24) is 20.4 Å². The molecule has 0 amide bonds. The van der Waals surface area contributed by atoms with E-state index in [1.807, 2.05) is 24.6 Å². The van der Waals surface area contributed by atoms with E-state index in [0.717, 1.165) is 30.4 Å². The highest BCUT2D eigenvalue weighted by atomic mass is 127. The van der Waals surface area contributed by atoms with Crippen LogP contribution in [0.2, 0.25) is 0 Å². The smallest absolute Gasteiger partial charge is 0.416 e. The summed E-state index contributed by atoms with van der Waals surface area (Å²) in [6.45, 7) is 5.31. The Labute approximate surface area is 185 Å². The third-order valence-electron chi connectivity index (χ3n) is 4.23. The number of ether oxygens (including phenoxy) is 1. The van der Waals surface area contributed by atoms with Gasteiger partial charge in [-0.3, -0.25) is 9.67 Å². The Hall–Kier alpha value is -1.98. The second-order valence-electron chi connectivity index (χ2n) is 6.38. The van der Waals surface area contributed by atoms with Gasteiger partial charge in [0.2, 0.25) is 0 Å². The minimum Gasteiger partial charge on any atom is -0.497 e. The lowest BCUT2D eigenvalue weighted by Gasteiger charge is -2.16. The number of aliphatic imine (C=N–C) groups is 1. The Bertz CT molecular complexity index is 821. The number of hydrogen-bond donors (Lipinski definition) is 2. The average Bonchev–Trinajstić information content (AvgIpc) is 2.97. The number of nitrogens with one attached hydrogen (secondary N) is 2. The minimum atomic E-state index is -4.46. The molecule has 0 atom stereocenters. The summed E-state index contributed by atoms with van der Waals surface area (Å²) in [5.41, 5.74) is 1.47. The zero-order chi connectivity index (χ0) is 20.7. The first kappa shape index (κ1) is 25.1. The van der Waals surface area contributed by atoms with Crippen molar-refractivity contribution >= 4 is 29.9 Å². The molecule has 0 aliphatic rings. The molecule has 0 radical (unpaired) electrons. The van der Waals surface area contributed by atoms with E-state index in [0.29, 0.717) is 12.5 Å². The van der Waals surface area contributed by atoms with E-state index in [4.69, 9.17) is 4.74 Å². The molecule has 1 heterocycles. The van der Waals surface area contributed by atoms with Gasteiger partial charge in [0.1, 0.15) is 5.75 Å². The number of benzene rings is 1. The number of methoxy groups -OCH3 is 1. The average molecular weight is 525 g/mol. The largest absolute Gasteiger partial charge is 0.497 e. The summed E-state index contributed by atoms with van der Waals surface area (Å²) in [4.78, 5) is 4.06. The van der Waals surface area contributed by atoms with E-state index < -0.39 is 11.7 Å². The highest BCUT2D eigenvalue weighted by molar-refractivity contribution is 14.0. The van der Waals surface area contributed by atoms with Gasteiger partial charge in [0, 0.05) is 32.4 Å². The van der Waals surface area contributed by atoms with Crippen LogP contribution in [0, 0.1) is 13.8 Å². The number of rotatable bonds is 7. The molecule has 0 fully saturated rings. The maximum absolute atomic E-state index is 13.3. The molecule has 2 aromatic rings. The molecule has 0 aliphatic carbocycles. The van der Waals surface area contributed by atoms with Gasteiger partial charge < -0.3 is 15.4 Å². The number of hydrogen-bond acceptors (Lipinski definition) is 3. The Kier molecular flexibility index (Phi) is 9.74. The monoisotopic (exact) mass is 525 g/mol. The van der Waals surface area contributed by atoms with Crippen LogP contribution in [-0.2, 0) is 19.3 Å². The van der Waals surface area contributed by atoms with Gasteiger partial charge in [0.15, 0.2) is 5.96 Å². The maximum atomic E-state index is 13.3. The Morgan fingerprint density at radius 1 is 1.21 bits per heavy atom. The summed E-state index contributed by atoms with van der Waals surface area (Å²) < 4.78 is 46.7. The van der Waals surface area contributed by atoms with Crippen molar-refractivity contribution in [3.63, 3.8) is 0 Å². The molecule has 0 saturated heterocycles. The first-order chi connectivity index (χ1) is 13.2. The van der Waals surface area contributed by atoms with Gasteiger partial charge in [-0.05, 0) is 44.0 Å². The van der Waals surface area contributed by atoms with Crippen molar-refractivity contribution < 1.29 is 17.9 Å². The molecule has 1 aromatic heterocycles. The molecule has 2 rings (SSSR count). The topological polar surface area (TPSA) is 63.5 Å². The van der Waals surface area contributed by atoms with Gasteiger partial charge in [-0.25, -0.2) is 0 Å². The number of aryl methyl sites for hydroxylation is 3. The second kappa shape index (κ2) is 11.3. The summed E-state index contributed by atoms with van der Waals surface area (Å²) in [6, 6.07) is 5.93. The Balaban J connectivity index is 0.00000420. The van der Waals surface area contributed by atoms with E-state index >= 15 is 0 Å². The molecule has 162 valence electrons. The Morgan fingerprint density at radius 2 is 1.93 bits per heavy atom. The minimum absolute atomic E-state index is 0. The maximum Gasteiger partial charge on any atom is 0.416 e. The van der Waals surface area contributed by atoms with Crippen LogP contribution in [-0.4, -0.2) is 36.4 Å². The molecular formula is C19H27F3IN5O. The van der Waals surface area contributed by atoms with Crippen molar-refractivity contribution in [2.45, 2.75) is 39.5 Å². The highest BCUT2D eigenvalue weighted by Crippen LogP contribution is 2.34. The van der Waals surface area contributed by atoms with Crippen LogP contribution in [0.15, 0.2) is 29.3 Å². The molecule has 0 aliphatic heterocycles. The summed E-state index contributed by atoms with van der Waals surface area (Å²) in [5, 5.41) is 10.4. The molecular weight excluding hydrogens is 498 g/mol. The first-order valence-corrected chi connectivity index (χ1v) is 8.94. The molecule has 2 N–H and O–H groups in total. The summed E-state index contributed by atoms with van der Waals surface area (Å²) in [6.07, 6.45) is -3.65. The van der Waals surface area contributed by atoms with Crippen LogP contribution in [0.1, 0.15) is 28.9 Å². The SMILES string of the molecule is CN=C(NCCCn1nc(C)cc1C)NCc1ccc(OC)cc1C(F)(F)F.I. The lowest BCUT2D eigenvalue weighted by atomic mass is 10.1. The molecule has 0 saturated carbocycles. The molecule has 10 heteroatoms. The van der Waals surface area contributed by atoms with E-state index in [1.165, 1.54) is 19.2 Å².